The average Bonchev–Trinajstić information content (AvgIpc) is 2.67. The molecular formula is C10Cl14O2. The highest BCUT2D eigenvalue weighted by molar-refractivity contribution is 6.72. The molecule has 2 aliphatic carbocycles. The zero-order valence-corrected chi connectivity index (χ0v) is 21.7. The lowest BCUT2D eigenvalue weighted by atomic mass is 10.2. The standard InChI is InChI=1S/C10Cl14O2/c11-1-2(12)7(19,20)10(24,6(1,17)18)26-25-8(21)4(14)3(13)5(15,16)9(8,22)23. The number of hydrogen-bond donors (Lipinski definition) is 0. The van der Waals surface area contributed by atoms with Gasteiger partial charge in [0.1, 0.15) is 0 Å². The lowest BCUT2D eigenvalue weighted by Gasteiger charge is -2.41. The van der Waals surface area contributed by atoms with Crippen molar-refractivity contribution in [3.05, 3.63) is 20.1 Å². The molecule has 0 amide bonds. The smallest absolute Gasteiger partial charge is 0.204 e. The van der Waals surface area contributed by atoms with Crippen LogP contribution < -0.4 is 0 Å². The molecule has 0 aromatic carbocycles. The molecule has 0 fully saturated rings. The summed E-state index contributed by atoms with van der Waals surface area (Å²) in [4.78, 5) is 10.1. The van der Waals surface area contributed by atoms with Gasteiger partial charge in [0.25, 0.3) is 5.06 Å². The van der Waals surface area contributed by atoms with Gasteiger partial charge in [0.15, 0.2) is 4.33 Å². The van der Waals surface area contributed by atoms with E-state index in [2.05, 4.69) is 0 Å². The Labute approximate surface area is 217 Å². The zero-order chi connectivity index (χ0) is 20.7. The second-order valence-electron chi connectivity index (χ2n) is 4.91. The Morgan fingerprint density at radius 1 is 0.462 bits per heavy atom. The predicted octanol–water partition coefficient (Wildman–Crippen LogP) is 8.91. The molecule has 0 saturated carbocycles. The third-order valence-electron chi connectivity index (χ3n) is 3.37. The number of halogens is 14. The molecule has 0 radical (unpaired) electrons. The number of allylic oxidation sites excluding steroid dienone is 1. The van der Waals surface area contributed by atoms with Gasteiger partial charge in [-0.3, -0.25) is 0 Å². The molecule has 26 heavy (non-hydrogen) atoms. The molecule has 16 heteroatoms. The Bertz CT molecular complexity index is 685. The minimum absolute atomic E-state index is 0.437. The number of rotatable bonds is 3. The van der Waals surface area contributed by atoms with Gasteiger partial charge in [-0.25, -0.2) is 9.78 Å². The fraction of sp³-hybridized carbons (Fsp3) is 0.600. The van der Waals surface area contributed by atoms with E-state index in [0.29, 0.717) is 0 Å². The maximum atomic E-state index is 6.24. The Kier molecular flexibility index (Phi) is 7.43. The molecular weight excluding hydrogens is 648 g/mol. The minimum Gasteiger partial charge on any atom is -0.204 e. The van der Waals surface area contributed by atoms with Crippen molar-refractivity contribution in [1.29, 1.82) is 0 Å². The first-order valence-electron chi connectivity index (χ1n) is 5.72. The molecule has 0 N–H and O–H groups in total. The third-order valence-corrected chi connectivity index (χ3v) is 12.1. The van der Waals surface area contributed by atoms with Gasteiger partial charge in [-0.2, -0.15) is 0 Å². The molecule has 1 atom stereocenters. The van der Waals surface area contributed by atoms with Crippen molar-refractivity contribution in [3.63, 3.8) is 0 Å². The van der Waals surface area contributed by atoms with E-state index in [0.717, 1.165) is 0 Å². The molecule has 150 valence electrons. The summed E-state index contributed by atoms with van der Waals surface area (Å²) in [6.07, 6.45) is 0. The molecule has 0 heterocycles. The van der Waals surface area contributed by atoms with E-state index in [1.807, 2.05) is 0 Å². The average molecular weight is 648 g/mol. The monoisotopic (exact) mass is 642 g/mol. The quantitative estimate of drug-likeness (QED) is 0.173. The van der Waals surface area contributed by atoms with Gasteiger partial charge in [0.05, 0.1) is 20.1 Å². The van der Waals surface area contributed by atoms with Crippen molar-refractivity contribution in [1.82, 2.24) is 0 Å². The summed E-state index contributed by atoms with van der Waals surface area (Å²) in [6.45, 7) is 0. The van der Waals surface area contributed by atoms with Crippen LogP contribution in [0.2, 0.25) is 0 Å². The van der Waals surface area contributed by atoms with E-state index in [9.17, 15) is 0 Å². The number of alkyl halides is 10. The summed E-state index contributed by atoms with van der Waals surface area (Å²) in [5.74, 6) is 0. The SMILES string of the molecule is ClC1=C(Cl)C(Cl)(OOC2(Cl)C(Cl)(Cl)C(Cl)=C(Cl)C2(Cl)Cl)C(Cl)(Cl)C1(Cl)Cl. The van der Waals surface area contributed by atoms with E-state index in [-0.39, 0.29) is 0 Å². The van der Waals surface area contributed by atoms with Crippen molar-refractivity contribution < 1.29 is 9.78 Å². The first-order valence-corrected chi connectivity index (χ1v) is 11.0. The van der Waals surface area contributed by atoms with Crippen LogP contribution in [0.15, 0.2) is 20.1 Å². The van der Waals surface area contributed by atoms with Crippen LogP contribution in [0.5, 0.6) is 0 Å². The lowest BCUT2D eigenvalue weighted by molar-refractivity contribution is -0.368. The Balaban J connectivity index is 2.46. The van der Waals surface area contributed by atoms with E-state index in [1.165, 1.54) is 0 Å². The Morgan fingerprint density at radius 2 is 0.808 bits per heavy atom. The summed E-state index contributed by atoms with van der Waals surface area (Å²) in [6, 6.07) is 0. The largest absolute Gasteiger partial charge is 0.251 e. The van der Waals surface area contributed by atoms with E-state index >= 15 is 0 Å². The third kappa shape index (κ3) is 3.12. The first-order chi connectivity index (χ1) is 11.3. The molecule has 2 aliphatic rings. The fourth-order valence-corrected chi connectivity index (χ4v) is 6.33. The molecule has 0 aliphatic heterocycles. The summed E-state index contributed by atoms with van der Waals surface area (Å²) in [5.41, 5.74) is 0. The summed E-state index contributed by atoms with van der Waals surface area (Å²) in [7, 11) is 0. The predicted molar refractivity (Wildman–Crippen MR) is 115 cm³/mol. The van der Waals surface area contributed by atoms with Crippen molar-refractivity contribution >= 4 is 162 Å². The molecule has 0 saturated heterocycles. The molecule has 1 unspecified atom stereocenters. The van der Waals surface area contributed by atoms with Gasteiger partial charge in [0, 0.05) is 0 Å². The molecule has 0 bridgehead atoms. The Morgan fingerprint density at radius 3 is 1.12 bits per heavy atom. The summed E-state index contributed by atoms with van der Waals surface area (Å²) >= 11 is 84.8. The highest BCUT2D eigenvalue weighted by atomic mass is 35.6. The summed E-state index contributed by atoms with van der Waals surface area (Å²) in [5, 5.41) is -6.89. The van der Waals surface area contributed by atoms with Crippen LogP contribution in [0.3, 0.4) is 0 Å². The van der Waals surface area contributed by atoms with Gasteiger partial charge in [-0.15, -0.1) is 0 Å². The van der Waals surface area contributed by atoms with Crippen LogP contribution in [-0.2, 0) is 9.78 Å². The van der Waals surface area contributed by atoms with Gasteiger partial charge in [0.2, 0.25) is 18.1 Å². The fourth-order valence-electron chi connectivity index (χ4n) is 1.82. The molecule has 0 aromatic heterocycles. The maximum Gasteiger partial charge on any atom is 0.251 e. The molecule has 0 spiro atoms. The van der Waals surface area contributed by atoms with Gasteiger partial charge in [-0.1, -0.05) is 162 Å². The van der Waals surface area contributed by atoms with Crippen LogP contribution >= 0.6 is 162 Å². The Hall–Kier alpha value is 3.46. The highest BCUT2D eigenvalue weighted by Crippen LogP contribution is 2.69. The van der Waals surface area contributed by atoms with Gasteiger partial charge in [-0.05, 0) is 0 Å². The van der Waals surface area contributed by atoms with Crippen molar-refractivity contribution in [2.24, 2.45) is 0 Å². The maximum absolute atomic E-state index is 6.24. The van der Waals surface area contributed by atoms with Crippen LogP contribution in [0, 0.1) is 0 Å². The van der Waals surface area contributed by atoms with E-state index in [4.69, 9.17) is 172 Å². The number of hydrogen-bond acceptors (Lipinski definition) is 2. The second-order valence-corrected chi connectivity index (χ2v) is 12.8. The molecule has 0 aromatic rings. The molecule has 2 nitrogen and oxygen atoms in total. The zero-order valence-electron chi connectivity index (χ0n) is 11.1. The highest BCUT2D eigenvalue weighted by Gasteiger charge is 2.76. The van der Waals surface area contributed by atoms with Crippen LogP contribution in [0.25, 0.3) is 0 Å². The lowest BCUT2D eigenvalue weighted by Crippen LogP contribution is -2.55. The second kappa shape index (κ2) is 7.51. The summed E-state index contributed by atoms with van der Waals surface area (Å²) < 4.78 is -9.19. The van der Waals surface area contributed by atoms with Crippen molar-refractivity contribution in [3.8, 4) is 0 Å². The van der Waals surface area contributed by atoms with Crippen LogP contribution in [0.1, 0.15) is 0 Å². The molecule has 2 rings (SSSR count). The topological polar surface area (TPSA) is 18.5 Å². The van der Waals surface area contributed by atoms with Crippen LogP contribution in [0.4, 0.5) is 0 Å². The van der Waals surface area contributed by atoms with Gasteiger partial charge >= 0.3 is 0 Å². The van der Waals surface area contributed by atoms with E-state index in [1.54, 1.807) is 0 Å². The normalized spacial score (nSPS) is 33.9. The van der Waals surface area contributed by atoms with Gasteiger partial charge < -0.3 is 0 Å². The van der Waals surface area contributed by atoms with Crippen molar-refractivity contribution in [2.45, 2.75) is 27.5 Å². The first kappa shape index (κ1) is 25.7. The minimum atomic E-state index is -2.56. The van der Waals surface area contributed by atoms with E-state index < -0.39 is 47.6 Å². The van der Waals surface area contributed by atoms with Crippen LogP contribution in [-0.4, -0.2) is 27.5 Å². The van der Waals surface area contributed by atoms with Crippen molar-refractivity contribution in [2.75, 3.05) is 0 Å².